The van der Waals surface area contributed by atoms with Gasteiger partial charge in [-0.1, -0.05) is 0 Å². The van der Waals surface area contributed by atoms with E-state index in [2.05, 4.69) is 5.32 Å². The molecule has 1 aliphatic carbocycles. The summed E-state index contributed by atoms with van der Waals surface area (Å²) in [4.78, 5) is 23.9. The Balaban J connectivity index is 1.94. The Morgan fingerprint density at radius 3 is 2.43 bits per heavy atom. The molecule has 0 aliphatic heterocycles. The van der Waals surface area contributed by atoms with E-state index in [4.69, 9.17) is 37.4 Å². The van der Waals surface area contributed by atoms with Crippen LogP contribution < -0.4 is 14.8 Å². The molecule has 0 heterocycles. The second-order valence-electron chi connectivity index (χ2n) is 5.40. The molecule has 0 spiro atoms. The quantitative estimate of drug-likeness (QED) is 0.622. The summed E-state index contributed by atoms with van der Waals surface area (Å²) in [6, 6.07) is 4.95. The summed E-state index contributed by atoms with van der Waals surface area (Å²) in [5.74, 6) is -0.100. The third-order valence-corrected chi connectivity index (χ3v) is 4.82. The van der Waals surface area contributed by atoms with Crippen molar-refractivity contribution in [1.82, 2.24) is 0 Å². The van der Waals surface area contributed by atoms with Gasteiger partial charge in [-0.15, -0.1) is 23.2 Å². The first-order valence-electron chi connectivity index (χ1n) is 6.80. The number of carbonyl (C=O) groups excluding carboxylic acids is 2. The molecule has 0 aromatic heterocycles. The molecule has 1 aromatic carbocycles. The maximum absolute atomic E-state index is 11.9. The highest BCUT2D eigenvalue weighted by Gasteiger charge is 2.69. The summed E-state index contributed by atoms with van der Waals surface area (Å²) >= 11 is 11.8. The number of benzene rings is 1. The fraction of sp³-hybridized carbons (Fsp3) is 0.467. The maximum atomic E-state index is 11.9. The van der Waals surface area contributed by atoms with Gasteiger partial charge in [0.2, 0.25) is 0 Å². The van der Waals surface area contributed by atoms with Gasteiger partial charge in [-0.2, -0.15) is 0 Å². The topological polar surface area (TPSA) is 73.9 Å². The number of halogens is 2. The number of carbonyl (C=O) groups is 2. The van der Waals surface area contributed by atoms with E-state index in [-0.39, 0.29) is 0 Å². The molecular weight excluding hydrogens is 345 g/mol. The van der Waals surface area contributed by atoms with Crippen molar-refractivity contribution in [3.05, 3.63) is 18.2 Å². The van der Waals surface area contributed by atoms with Crippen LogP contribution >= 0.6 is 23.2 Å². The van der Waals surface area contributed by atoms with Gasteiger partial charge in [-0.3, -0.25) is 9.59 Å². The predicted molar refractivity (Wildman–Crippen MR) is 86.3 cm³/mol. The molecule has 126 valence electrons. The molecule has 6 nitrogen and oxygen atoms in total. The van der Waals surface area contributed by atoms with Crippen LogP contribution in [0.2, 0.25) is 0 Å². The third-order valence-electron chi connectivity index (χ3n) is 3.72. The zero-order valence-electron chi connectivity index (χ0n) is 12.9. The number of anilines is 1. The van der Waals surface area contributed by atoms with Gasteiger partial charge in [-0.25, -0.2) is 0 Å². The van der Waals surface area contributed by atoms with Gasteiger partial charge in [0.05, 0.1) is 19.9 Å². The van der Waals surface area contributed by atoms with Crippen LogP contribution in [-0.2, 0) is 14.3 Å². The number of alkyl halides is 2. The Kier molecular flexibility index (Phi) is 4.96. The highest BCUT2D eigenvalue weighted by atomic mass is 35.5. The number of nitrogens with one attached hydrogen (secondary N) is 1. The molecule has 1 amide bonds. The molecule has 23 heavy (non-hydrogen) atoms. The minimum atomic E-state index is -1.13. The molecule has 0 saturated heterocycles. The number of methoxy groups -OCH3 is 2. The zero-order chi connectivity index (χ0) is 17.3. The van der Waals surface area contributed by atoms with Gasteiger partial charge in [0.15, 0.2) is 6.61 Å². The molecular formula is C15H17Cl2NO5. The maximum Gasteiger partial charge on any atom is 0.315 e. The molecule has 0 unspecified atom stereocenters. The van der Waals surface area contributed by atoms with Crippen molar-refractivity contribution in [2.75, 3.05) is 26.1 Å². The summed E-state index contributed by atoms with van der Waals surface area (Å²) in [6.45, 7) is 1.15. The third kappa shape index (κ3) is 3.64. The zero-order valence-corrected chi connectivity index (χ0v) is 14.5. The van der Waals surface area contributed by atoms with Crippen LogP contribution in [-0.4, -0.2) is 37.0 Å². The smallest absolute Gasteiger partial charge is 0.315 e. The van der Waals surface area contributed by atoms with Gasteiger partial charge in [-0.05, 0) is 19.1 Å². The van der Waals surface area contributed by atoms with Crippen LogP contribution in [0.15, 0.2) is 18.2 Å². The highest BCUT2D eigenvalue weighted by Crippen LogP contribution is 2.64. The van der Waals surface area contributed by atoms with Gasteiger partial charge >= 0.3 is 5.97 Å². The average Bonchev–Trinajstić information content (AvgIpc) is 3.04. The lowest BCUT2D eigenvalue weighted by molar-refractivity contribution is -0.152. The van der Waals surface area contributed by atoms with Crippen molar-refractivity contribution in [3.63, 3.8) is 0 Å². The number of esters is 1. The first kappa shape index (κ1) is 17.7. The van der Waals surface area contributed by atoms with Crippen molar-refractivity contribution in [3.8, 4) is 11.5 Å². The monoisotopic (exact) mass is 361 g/mol. The minimum absolute atomic E-state index is 0.299. The van der Waals surface area contributed by atoms with E-state index in [0.717, 1.165) is 0 Å². The summed E-state index contributed by atoms with van der Waals surface area (Å²) in [5.41, 5.74) is -0.557. The molecule has 1 aliphatic rings. The lowest BCUT2D eigenvalue weighted by Crippen LogP contribution is -2.26. The van der Waals surface area contributed by atoms with E-state index < -0.39 is 28.2 Å². The highest BCUT2D eigenvalue weighted by molar-refractivity contribution is 6.53. The first-order valence-corrected chi connectivity index (χ1v) is 7.56. The Morgan fingerprint density at radius 2 is 1.91 bits per heavy atom. The summed E-state index contributed by atoms with van der Waals surface area (Å²) in [7, 11) is 2.99. The second-order valence-corrected chi connectivity index (χ2v) is 6.89. The molecule has 0 bridgehead atoms. The van der Waals surface area contributed by atoms with Crippen LogP contribution in [0, 0.1) is 5.41 Å². The minimum Gasteiger partial charge on any atom is -0.497 e. The lowest BCUT2D eigenvalue weighted by atomic mass is 10.1. The van der Waals surface area contributed by atoms with E-state index in [0.29, 0.717) is 23.6 Å². The SMILES string of the molecule is COc1ccc(OC)c(NC(=O)COC(=O)[C@]2(C)CC2(Cl)Cl)c1. The molecule has 1 saturated carbocycles. The van der Waals surface area contributed by atoms with Crippen molar-refractivity contribution >= 4 is 40.8 Å². The fourth-order valence-electron chi connectivity index (χ4n) is 2.01. The van der Waals surface area contributed by atoms with E-state index in [1.165, 1.54) is 14.2 Å². The van der Waals surface area contributed by atoms with Crippen molar-refractivity contribution < 1.29 is 23.8 Å². The summed E-state index contributed by atoms with van der Waals surface area (Å²) in [6.07, 6.45) is 0.299. The Labute approximate surface area is 144 Å². The van der Waals surface area contributed by atoms with Crippen LogP contribution in [0.3, 0.4) is 0 Å². The molecule has 0 radical (unpaired) electrons. The summed E-state index contributed by atoms with van der Waals surface area (Å²) < 4.78 is 14.1. The van der Waals surface area contributed by atoms with E-state index in [1.54, 1.807) is 25.1 Å². The van der Waals surface area contributed by atoms with Gasteiger partial charge in [0.25, 0.3) is 5.91 Å². The van der Waals surface area contributed by atoms with E-state index in [1.807, 2.05) is 0 Å². The molecule has 1 N–H and O–H groups in total. The average molecular weight is 362 g/mol. The molecule has 2 rings (SSSR count). The van der Waals surface area contributed by atoms with Crippen molar-refractivity contribution in [2.24, 2.45) is 5.41 Å². The van der Waals surface area contributed by atoms with Crippen LogP contribution in [0.1, 0.15) is 13.3 Å². The van der Waals surface area contributed by atoms with Gasteiger partial charge < -0.3 is 19.5 Å². The molecule has 1 fully saturated rings. The Bertz CT molecular complexity index is 634. The van der Waals surface area contributed by atoms with Crippen LogP contribution in [0.5, 0.6) is 11.5 Å². The van der Waals surface area contributed by atoms with Crippen LogP contribution in [0.4, 0.5) is 5.69 Å². The first-order chi connectivity index (χ1) is 10.7. The normalized spacial score (nSPS) is 21.3. The van der Waals surface area contributed by atoms with Gasteiger partial charge in [0, 0.05) is 12.5 Å². The number of amides is 1. The van der Waals surface area contributed by atoms with Crippen LogP contribution in [0.25, 0.3) is 0 Å². The number of hydrogen-bond donors (Lipinski definition) is 1. The fourth-order valence-corrected chi connectivity index (χ4v) is 2.70. The van der Waals surface area contributed by atoms with E-state index >= 15 is 0 Å². The van der Waals surface area contributed by atoms with Crippen molar-refractivity contribution in [1.29, 1.82) is 0 Å². The second kappa shape index (κ2) is 6.45. The standard InChI is InChI=1S/C15H17Cl2NO5/c1-14(8-15(14,16)17)13(20)23-7-12(19)18-10-6-9(21-2)4-5-11(10)22-3/h4-6H,7-8H2,1-3H3,(H,18,19)/t14-/m0/s1. The Morgan fingerprint density at radius 1 is 1.26 bits per heavy atom. The number of ether oxygens (including phenoxy) is 3. The molecule has 1 atom stereocenters. The van der Waals surface area contributed by atoms with E-state index in [9.17, 15) is 9.59 Å². The predicted octanol–water partition coefficient (Wildman–Crippen LogP) is 2.77. The Hall–Kier alpha value is -1.66. The lowest BCUT2D eigenvalue weighted by Gasteiger charge is -2.13. The summed E-state index contributed by atoms with van der Waals surface area (Å²) in [5, 5.41) is 2.60. The largest absolute Gasteiger partial charge is 0.497 e. The molecule has 1 aromatic rings. The van der Waals surface area contributed by atoms with Crippen molar-refractivity contribution in [2.45, 2.75) is 17.7 Å². The number of rotatable bonds is 6. The number of hydrogen-bond acceptors (Lipinski definition) is 5. The molecule has 8 heteroatoms. The van der Waals surface area contributed by atoms with Gasteiger partial charge in [0.1, 0.15) is 21.2 Å².